The Balaban J connectivity index is 1.90. The van der Waals surface area contributed by atoms with Gasteiger partial charge in [0.1, 0.15) is 5.76 Å². The minimum absolute atomic E-state index is 0.0761. The number of rotatable bonds is 4. The first-order valence-corrected chi connectivity index (χ1v) is 5.20. The summed E-state index contributed by atoms with van der Waals surface area (Å²) in [6, 6.07) is 3.89. The van der Waals surface area contributed by atoms with Crippen LogP contribution in [0.3, 0.4) is 0 Å². The van der Waals surface area contributed by atoms with Crippen molar-refractivity contribution >= 4 is 5.97 Å². The van der Waals surface area contributed by atoms with Crippen LogP contribution in [0.15, 0.2) is 22.8 Å². The molecule has 3 atom stereocenters. The second-order valence-corrected chi connectivity index (χ2v) is 4.03. The predicted molar refractivity (Wildman–Crippen MR) is 54.4 cm³/mol. The van der Waals surface area contributed by atoms with Crippen LogP contribution in [0.2, 0.25) is 0 Å². The first-order valence-electron chi connectivity index (χ1n) is 5.20. The first-order chi connectivity index (χ1) is 7.18. The van der Waals surface area contributed by atoms with Crippen LogP contribution in [0.4, 0.5) is 0 Å². The van der Waals surface area contributed by atoms with Gasteiger partial charge >= 0.3 is 5.97 Å². The second-order valence-electron chi connectivity index (χ2n) is 4.03. The van der Waals surface area contributed by atoms with E-state index >= 15 is 0 Å². The van der Waals surface area contributed by atoms with Gasteiger partial charge in [-0.1, -0.05) is 0 Å². The van der Waals surface area contributed by atoms with Gasteiger partial charge in [-0.05, 0) is 31.9 Å². The Morgan fingerprint density at radius 1 is 1.67 bits per heavy atom. The molecule has 0 aliphatic heterocycles. The highest BCUT2D eigenvalue weighted by Gasteiger charge is 2.37. The summed E-state index contributed by atoms with van der Waals surface area (Å²) in [6.07, 6.45) is 3.34. The van der Waals surface area contributed by atoms with Crippen LogP contribution in [-0.2, 0) is 4.79 Å². The van der Waals surface area contributed by atoms with E-state index in [1.165, 1.54) is 0 Å². The monoisotopic (exact) mass is 209 g/mol. The van der Waals surface area contributed by atoms with Crippen molar-refractivity contribution in [2.45, 2.75) is 31.8 Å². The summed E-state index contributed by atoms with van der Waals surface area (Å²) in [5.41, 5.74) is 0. The van der Waals surface area contributed by atoms with E-state index in [-0.39, 0.29) is 18.0 Å². The van der Waals surface area contributed by atoms with Crippen molar-refractivity contribution in [3.05, 3.63) is 24.2 Å². The van der Waals surface area contributed by atoms with Gasteiger partial charge in [0, 0.05) is 6.04 Å². The molecule has 4 heteroatoms. The Labute approximate surface area is 88.3 Å². The zero-order chi connectivity index (χ0) is 10.8. The largest absolute Gasteiger partial charge is 0.481 e. The number of carbonyl (C=O) groups is 1. The summed E-state index contributed by atoms with van der Waals surface area (Å²) >= 11 is 0. The van der Waals surface area contributed by atoms with Gasteiger partial charge in [-0.3, -0.25) is 4.79 Å². The van der Waals surface area contributed by atoms with E-state index in [4.69, 9.17) is 9.52 Å². The lowest BCUT2D eigenvalue weighted by Crippen LogP contribution is -2.48. The van der Waals surface area contributed by atoms with Crippen molar-refractivity contribution in [1.29, 1.82) is 0 Å². The van der Waals surface area contributed by atoms with Gasteiger partial charge in [-0.25, -0.2) is 0 Å². The number of carboxylic acids is 1. The third-order valence-corrected chi connectivity index (χ3v) is 3.03. The highest BCUT2D eigenvalue weighted by Crippen LogP contribution is 2.29. The van der Waals surface area contributed by atoms with Crippen LogP contribution >= 0.6 is 0 Å². The van der Waals surface area contributed by atoms with E-state index in [9.17, 15) is 4.79 Å². The topological polar surface area (TPSA) is 62.5 Å². The molecule has 1 aliphatic rings. The van der Waals surface area contributed by atoms with Crippen LogP contribution < -0.4 is 5.32 Å². The molecule has 2 rings (SSSR count). The summed E-state index contributed by atoms with van der Waals surface area (Å²) in [5, 5.41) is 12.2. The van der Waals surface area contributed by atoms with E-state index in [2.05, 4.69) is 5.32 Å². The lowest BCUT2D eigenvalue weighted by molar-refractivity contribution is -0.146. The third kappa shape index (κ3) is 2.04. The van der Waals surface area contributed by atoms with E-state index in [1.54, 1.807) is 6.26 Å². The second kappa shape index (κ2) is 4.06. The first kappa shape index (κ1) is 10.2. The van der Waals surface area contributed by atoms with E-state index in [0.717, 1.165) is 18.6 Å². The molecular weight excluding hydrogens is 194 g/mol. The van der Waals surface area contributed by atoms with Gasteiger partial charge in [-0.15, -0.1) is 0 Å². The predicted octanol–water partition coefficient (Wildman–Crippen LogP) is 1.79. The highest BCUT2D eigenvalue weighted by atomic mass is 16.4. The van der Waals surface area contributed by atoms with Crippen molar-refractivity contribution in [2.24, 2.45) is 5.92 Å². The van der Waals surface area contributed by atoms with Gasteiger partial charge in [0.2, 0.25) is 0 Å². The number of nitrogens with one attached hydrogen (secondary N) is 1. The molecule has 15 heavy (non-hydrogen) atoms. The molecule has 2 N–H and O–H groups in total. The fraction of sp³-hybridized carbons (Fsp3) is 0.545. The maximum Gasteiger partial charge on any atom is 0.308 e. The summed E-state index contributed by atoms with van der Waals surface area (Å²) in [5.74, 6) is -0.0844. The van der Waals surface area contributed by atoms with Crippen molar-refractivity contribution in [2.75, 3.05) is 0 Å². The van der Waals surface area contributed by atoms with Crippen LogP contribution in [0.5, 0.6) is 0 Å². The van der Waals surface area contributed by atoms with Crippen LogP contribution in [0.25, 0.3) is 0 Å². The normalized spacial score (nSPS) is 27.0. The Morgan fingerprint density at radius 3 is 2.93 bits per heavy atom. The van der Waals surface area contributed by atoms with Crippen LogP contribution in [0, 0.1) is 5.92 Å². The van der Waals surface area contributed by atoms with Crippen molar-refractivity contribution < 1.29 is 14.3 Å². The van der Waals surface area contributed by atoms with Gasteiger partial charge in [0.15, 0.2) is 0 Å². The molecule has 0 bridgehead atoms. The summed E-state index contributed by atoms with van der Waals surface area (Å²) in [4.78, 5) is 10.8. The van der Waals surface area contributed by atoms with Crippen LogP contribution in [0.1, 0.15) is 31.6 Å². The number of aliphatic carboxylic acids is 1. The molecule has 0 aromatic carbocycles. The van der Waals surface area contributed by atoms with Gasteiger partial charge in [0.25, 0.3) is 0 Å². The number of hydrogen-bond acceptors (Lipinski definition) is 3. The number of furan rings is 1. The van der Waals surface area contributed by atoms with Crippen molar-refractivity contribution in [3.8, 4) is 0 Å². The average Bonchev–Trinajstić information content (AvgIpc) is 2.63. The highest BCUT2D eigenvalue weighted by molar-refractivity contribution is 5.72. The maximum absolute atomic E-state index is 10.8. The smallest absolute Gasteiger partial charge is 0.308 e. The Morgan fingerprint density at radius 2 is 2.47 bits per heavy atom. The lowest BCUT2D eigenvalue weighted by Gasteiger charge is -2.35. The zero-order valence-electron chi connectivity index (χ0n) is 8.64. The SMILES string of the molecule is C[C@@H](NC1CCC1C(=O)O)c1ccco1. The molecule has 0 saturated heterocycles. The van der Waals surface area contributed by atoms with Crippen molar-refractivity contribution in [1.82, 2.24) is 5.32 Å². The Bertz CT molecular complexity index is 334. The quantitative estimate of drug-likeness (QED) is 0.793. The minimum Gasteiger partial charge on any atom is -0.481 e. The Kier molecular flexibility index (Phi) is 2.77. The van der Waals surface area contributed by atoms with E-state index in [1.807, 2.05) is 19.1 Å². The molecular formula is C11H15NO3. The zero-order valence-corrected chi connectivity index (χ0v) is 8.64. The average molecular weight is 209 g/mol. The van der Waals surface area contributed by atoms with E-state index in [0.29, 0.717) is 0 Å². The lowest BCUT2D eigenvalue weighted by atomic mass is 9.79. The molecule has 82 valence electrons. The van der Waals surface area contributed by atoms with Crippen LogP contribution in [-0.4, -0.2) is 17.1 Å². The number of carboxylic acid groups (broad SMARTS) is 1. The third-order valence-electron chi connectivity index (χ3n) is 3.03. The standard InChI is InChI=1S/C11H15NO3/c1-7(10-3-2-6-15-10)12-9-5-4-8(9)11(13)14/h2-3,6-9,12H,4-5H2,1H3,(H,13,14)/t7-,8?,9?/m1/s1. The molecule has 0 amide bonds. The molecule has 1 aliphatic carbocycles. The molecule has 1 fully saturated rings. The van der Waals surface area contributed by atoms with Crippen molar-refractivity contribution in [3.63, 3.8) is 0 Å². The molecule has 1 aromatic heterocycles. The number of hydrogen-bond donors (Lipinski definition) is 2. The minimum atomic E-state index is -0.703. The van der Waals surface area contributed by atoms with Gasteiger partial charge in [-0.2, -0.15) is 0 Å². The molecule has 2 unspecified atom stereocenters. The fourth-order valence-corrected chi connectivity index (χ4v) is 1.94. The molecule has 4 nitrogen and oxygen atoms in total. The van der Waals surface area contributed by atoms with Gasteiger partial charge < -0.3 is 14.8 Å². The molecule has 1 heterocycles. The fourth-order valence-electron chi connectivity index (χ4n) is 1.94. The summed E-state index contributed by atoms with van der Waals surface area (Å²) < 4.78 is 5.25. The van der Waals surface area contributed by atoms with E-state index < -0.39 is 5.97 Å². The van der Waals surface area contributed by atoms with Gasteiger partial charge in [0.05, 0.1) is 18.2 Å². The molecule has 0 spiro atoms. The Hall–Kier alpha value is -1.29. The molecule has 0 radical (unpaired) electrons. The summed E-state index contributed by atoms with van der Waals surface area (Å²) in [7, 11) is 0. The molecule has 1 saturated carbocycles. The maximum atomic E-state index is 10.8. The molecule has 1 aromatic rings. The summed E-state index contributed by atoms with van der Waals surface area (Å²) in [6.45, 7) is 1.98.